The molecule has 0 bridgehead atoms. The maximum absolute atomic E-state index is 14.2. The lowest BCUT2D eigenvalue weighted by atomic mass is 9.76. The van der Waals surface area contributed by atoms with Crippen molar-refractivity contribution in [1.82, 2.24) is 31.1 Å². The lowest BCUT2D eigenvalue weighted by Gasteiger charge is -2.40. The van der Waals surface area contributed by atoms with Gasteiger partial charge in [-0.2, -0.15) is 0 Å². The highest BCUT2D eigenvalue weighted by Gasteiger charge is 2.42. The maximum atomic E-state index is 14.2. The molecule has 1 aromatic carbocycles. The summed E-state index contributed by atoms with van der Waals surface area (Å²) in [4.78, 5) is 105. The molecule has 1 fully saturated rings. The molecule has 0 radical (unpaired) electrons. The third-order valence-corrected chi connectivity index (χ3v) is 11.7. The van der Waals surface area contributed by atoms with Crippen LogP contribution in [0.4, 0.5) is 0 Å². The summed E-state index contributed by atoms with van der Waals surface area (Å²) in [6, 6.07) is 4.71. The van der Waals surface area contributed by atoms with Crippen LogP contribution in [0.25, 0.3) is 0 Å². The van der Waals surface area contributed by atoms with E-state index in [-0.39, 0.29) is 61.4 Å². The van der Waals surface area contributed by atoms with E-state index in [1.807, 2.05) is 78.8 Å². The third kappa shape index (κ3) is 14.2. The van der Waals surface area contributed by atoms with Crippen molar-refractivity contribution in [3.8, 4) is 0 Å². The number of carbonyl (C=O) groups excluding carboxylic acids is 6. The first-order chi connectivity index (χ1) is 27.3. The van der Waals surface area contributed by atoms with Gasteiger partial charge in [0, 0.05) is 49.7 Å². The Morgan fingerprint density at radius 3 is 2.12 bits per heavy atom. The Balaban J connectivity index is 2.07. The van der Waals surface area contributed by atoms with Crippen molar-refractivity contribution in [2.45, 2.75) is 116 Å². The molecule has 6 atom stereocenters. The van der Waals surface area contributed by atoms with Gasteiger partial charge in [0.2, 0.25) is 35.4 Å². The van der Waals surface area contributed by atoms with E-state index in [0.717, 1.165) is 22.2 Å². The van der Waals surface area contributed by atoms with Crippen LogP contribution in [0.15, 0.2) is 42.0 Å². The fourth-order valence-corrected chi connectivity index (χ4v) is 7.78. The molecule has 0 saturated carbocycles. The summed E-state index contributed by atoms with van der Waals surface area (Å²) in [5.41, 5.74) is 5.22. The molecule has 328 valence electrons. The summed E-state index contributed by atoms with van der Waals surface area (Å²) < 4.78 is 0. The second-order valence-corrected chi connectivity index (χ2v) is 18.0. The lowest BCUT2D eigenvalue weighted by Crippen LogP contribution is -2.61. The molecular formula is C41H63N7O10S. The molecular weight excluding hydrogens is 783 g/mol. The number of carboxylic acid groups (broad SMARTS) is 2. The van der Waals surface area contributed by atoms with Crippen LogP contribution in [0, 0.1) is 11.3 Å². The van der Waals surface area contributed by atoms with Crippen LogP contribution < -0.4 is 27.0 Å². The average Bonchev–Trinajstić information content (AvgIpc) is 3.43. The van der Waals surface area contributed by atoms with Gasteiger partial charge in [-0.1, -0.05) is 84.9 Å². The van der Waals surface area contributed by atoms with Crippen LogP contribution in [0.5, 0.6) is 0 Å². The van der Waals surface area contributed by atoms with E-state index < -0.39 is 81.9 Å². The van der Waals surface area contributed by atoms with Gasteiger partial charge in [0.05, 0.1) is 17.3 Å². The Morgan fingerprint density at radius 2 is 1.59 bits per heavy atom. The van der Waals surface area contributed by atoms with Crippen molar-refractivity contribution in [2.24, 2.45) is 17.1 Å². The molecule has 1 aromatic rings. The molecule has 18 heteroatoms. The number of nitrogens with zero attached hydrogens (tertiary/aromatic N) is 2. The van der Waals surface area contributed by atoms with E-state index in [1.54, 1.807) is 20.2 Å². The fourth-order valence-electron chi connectivity index (χ4n) is 6.67. The highest BCUT2D eigenvalue weighted by Crippen LogP contribution is 2.29. The zero-order chi connectivity index (χ0) is 45.0. The number of amides is 6. The number of nitrogens with one attached hydrogen (secondary N) is 4. The van der Waals surface area contributed by atoms with Crippen LogP contribution in [0.2, 0.25) is 0 Å². The Hall–Kier alpha value is -4.81. The Labute approximate surface area is 351 Å². The van der Waals surface area contributed by atoms with Gasteiger partial charge in [-0.3, -0.25) is 38.5 Å². The van der Waals surface area contributed by atoms with E-state index in [1.165, 1.54) is 11.8 Å². The minimum Gasteiger partial charge on any atom is -0.480 e. The number of hydrogen-bond acceptors (Lipinski definition) is 11. The first-order valence-electron chi connectivity index (χ1n) is 19.6. The first kappa shape index (κ1) is 50.3. The predicted molar refractivity (Wildman–Crippen MR) is 224 cm³/mol. The Kier molecular flexibility index (Phi) is 18.8. The van der Waals surface area contributed by atoms with Crippen molar-refractivity contribution in [2.75, 3.05) is 32.9 Å². The molecule has 1 aliphatic heterocycles. The third-order valence-electron chi connectivity index (χ3n) is 10.4. The summed E-state index contributed by atoms with van der Waals surface area (Å²) in [6.45, 7) is 14.4. The van der Waals surface area contributed by atoms with Gasteiger partial charge in [0.1, 0.15) is 18.1 Å². The van der Waals surface area contributed by atoms with Gasteiger partial charge >= 0.3 is 11.9 Å². The normalized spacial score (nSPS) is 17.5. The van der Waals surface area contributed by atoms with Gasteiger partial charge in [-0.15, -0.1) is 11.8 Å². The number of likely N-dealkylation sites (tertiary alicyclic amines) is 1. The maximum Gasteiger partial charge on any atom is 0.326 e. The second-order valence-electron chi connectivity index (χ2n) is 16.8. The van der Waals surface area contributed by atoms with Gasteiger partial charge < -0.3 is 42.1 Å². The molecule has 1 heterocycles. The molecule has 8 N–H and O–H groups in total. The quantitative estimate of drug-likeness (QED) is 0.0642. The number of thioether (sulfide) groups is 1. The predicted octanol–water partition coefficient (Wildman–Crippen LogP) is 1.25. The monoisotopic (exact) mass is 845 g/mol. The van der Waals surface area contributed by atoms with Crippen molar-refractivity contribution in [3.05, 3.63) is 47.5 Å². The molecule has 2 rings (SSSR count). The van der Waals surface area contributed by atoms with Crippen molar-refractivity contribution in [3.63, 3.8) is 0 Å². The van der Waals surface area contributed by atoms with E-state index in [0.29, 0.717) is 0 Å². The van der Waals surface area contributed by atoms with E-state index >= 15 is 0 Å². The topological polar surface area (TPSA) is 258 Å². The van der Waals surface area contributed by atoms with Crippen LogP contribution in [0.3, 0.4) is 0 Å². The minimum absolute atomic E-state index is 0.0548. The number of benzene rings is 1. The summed E-state index contributed by atoms with van der Waals surface area (Å²) >= 11 is 0.976. The largest absolute Gasteiger partial charge is 0.480 e. The van der Waals surface area contributed by atoms with E-state index in [9.17, 15) is 43.5 Å². The Morgan fingerprint density at radius 1 is 0.983 bits per heavy atom. The standard InChI is InChI=1S/C41H63N7O10S/c1-23(2)28(47(10)37(54)33(40(4,5)6)46-35(52)32(43-9)41(7,8)25-14-12-11-13-15-25)20-24(3)34(51)45-27(39(57)58)16-17-30(49)44-18-19-48-31(50)21-29(36(48)53)59-22-26(42)38(55)56/h11-15,20,23,26-29,32-33,43H,16-19,21-22,42H2,1-10H3,(H,44,49)(H,45,51)(H,46,52)(H,55,56)(H,57,58)/b24-20+/t26-,27-,28+,29?,32+,33?/m0/s1. The molecule has 2 unspecified atom stereocenters. The van der Waals surface area contributed by atoms with E-state index in [4.69, 9.17) is 10.8 Å². The zero-order valence-electron chi connectivity index (χ0n) is 35.8. The van der Waals surface area contributed by atoms with Gasteiger partial charge in [-0.05, 0) is 37.3 Å². The number of carbonyl (C=O) groups is 8. The second kappa shape index (κ2) is 22.0. The SMILES string of the molecule is CN[C@H](C(=O)NC(C(=O)N(C)[C@H](/C=C(\C)C(=O)N[C@@H](CCC(=O)NCCN1C(=O)CC(SC[C@H](N)C(=O)O)C1=O)C(=O)O)C(C)C)C(C)(C)C)C(C)(C)c1ccccc1. The van der Waals surface area contributed by atoms with Gasteiger partial charge in [-0.25, -0.2) is 4.79 Å². The summed E-state index contributed by atoms with van der Waals surface area (Å²) in [5, 5.41) is 29.1. The Bertz CT molecular complexity index is 1730. The number of imide groups is 1. The van der Waals surface area contributed by atoms with Crippen LogP contribution in [-0.2, 0) is 43.8 Å². The number of rotatable bonds is 22. The molecule has 59 heavy (non-hydrogen) atoms. The number of nitrogens with two attached hydrogens (primary N) is 1. The zero-order valence-corrected chi connectivity index (χ0v) is 36.6. The summed E-state index contributed by atoms with van der Waals surface area (Å²) in [7, 11) is 3.28. The number of likely N-dealkylation sites (N-methyl/N-ethyl adjacent to an activating group) is 2. The molecule has 6 amide bonds. The van der Waals surface area contributed by atoms with Crippen LogP contribution in [-0.4, -0.2) is 136 Å². The first-order valence-corrected chi connectivity index (χ1v) is 20.6. The highest BCUT2D eigenvalue weighted by atomic mass is 32.2. The summed E-state index contributed by atoms with van der Waals surface area (Å²) in [6.07, 6.45) is 0.891. The number of carboxylic acids is 2. The molecule has 17 nitrogen and oxygen atoms in total. The smallest absolute Gasteiger partial charge is 0.326 e. The average molecular weight is 846 g/mol. The van der Waals surface area contributed by atoms with Crippen LogP contribution >= 0.6 is 11.8 Å². The van der Waals surface area contributed by atoms with Gasteiger partial charge in [0.25, 0.3) is 0 Å². The van der Waals surface area contributed by atoms with Crippen LogP contribution in [0.1, 0.15) is 80.2 Å². The highest BCUT2D eigenvalue weighted by molar-refractivity contribution is 8.00. The number of hydrogen-bond donors (Lipinski definition) is 7. The van der Waals surface area contributed by atoms with Gasteiger partial charge in [0.15, 0.2) is 0 Å². The number of aliphatic carboxylic acids is 2. The van der Waals surface area contributed by atoms with Crippen molar-refractivity contribution < 1.29 is 48.6 Å². The van der Waals surface area contributed by atoms with E-state index in [2.05, 4.69) is 21.3 Å². The molecule has 1 saturated heterocycles. The van der Waals surface area contributed by atoms with Crippen molar-refractivity contribution >= 4 is 59.1 Å². The molecule has 0 aromatic heterocycles. The molecule has 0 spiro atoms. The molecule has 1 aliphatic rings. The minimum atomic E-state index is -1.44. The van der Waals surface area contributed by atoms with Crippen molar-refractivity contribution in [1.29, 1.82) is 0 Å². The summed E-state index contributed by atoms with van der Waals surface area (Å²) in [5.74, 6) is -5.85. The molecule has 0 aliphatic carbocycles. The fraction of sp³-hybridized carbons (Fsp3) is 0.610. The lowest BCUT2D eigenvalue weighted by molar-refractivity contribution is -0.142.